The minimum Gasteiger partial charge on any atom is -0.453 e. The first-order chi connectivity index (χ1) is 24.8. The summed E-state index contributed by atoms with van der Waals surface area (Å²) in [6.07, 6.45) is 9.18. The van der Waals surface area contributed by atoms with E-state index >= 15 is 0 Å². The molecule has 5 aromatic rings. The number of rotatable bonds is 8. The van der Waals surface area contributed by atoms with Crippen molar-refractivity contribution in [3.8, 4) is 22.9 Å². The normalized spacial score (nSPS) is 19.5. The van der Waals surface area contributed by atoms with Gasteiger partial charge in [0.15, 0.2) is 11.4 Å². The van der Waals surface area contributed by atoms with E-state index in [0.717, 1.165) is 61.6 Å². The smallest absolute Gasteiger partial charge is 0.234 e. The number of aromatic nitrogens is 5. The van der Waals surface area contributed by atoms with Gasteiger partial charge in [-0.15, -0.1) is 0 Å². The number of hydrogen-bond acceptors (Lipinski definition) is 8. The monoisotopic (exact) mass is 706 g/mol. The van der Waals surface area contributed by atoms with E-state index in [1.54, 1.807) is 10.9 Å². The number of H-pyrrole nitrogens is 1. The molecule has 2 amide bonds. The summed E-state index contributed by atoms with van der Waals surface area (Å²) >= 11 is 6.57. The zero-order valence-electron chi connectivity index (χ0n) is 29.1. The Morgan fingerprint density at radius 3 is 2.33 bits per heavy atom. The summed E-state index contributed by atoms with van der Waals surface area (Å²) in [7, 11) is 1.89. The van der Waals surface area contributed by atoms with Gasteiger partial charge in [0.25, 0.3) is 0 Å². The van der Waals surface area contributed by atoms with E-state index in [0.29, 0.717) is 52.4 Å². The number of nitrogens with one attached hydrogen (secondary N) is 2. The number of aryl methyl sites for hydroxylation is 2. The molecule has 3 saturated heterocycles. The molecule has 0 radical (unpaired) electrons. The molecule has 3 aromatic heterocycles. The van der Waals surface area contributed by atoms with Crippen LogP contribution >= 0.6 is 11.6 Å². The fraction of sp³-hybridized carbons (Fsp3) is 0.410. The number of anilines is 1. The summed E-state index contributed by atoms with van der Waals surface area (Å²) in [5, 5.41) is 7.32. The molecule has 0 spiro atoms. The van der Waals surface area contributed by atoms with Crippen LogP contribution in [0.1, 0.15) is 67.2 Å². The second-order valence-corrected chi connectivity index (χ2v) is 14.7. The van der Waals surface area contributed by atoms with Crippen molar-refractivity contribution in [2.75, 3.05) is 37.6 Å². The molecule has 3 aliphatic heterocycles. The van der Waals surface area contributed by atoms with Crippen LogP contribution in [0.2, 0.25) is 5.02 Å². The molecular formula is C39H43ClN8O3. The molecule has 0 saturated carbocycles. The van der Waals surface area contributed by atoms with Gasteiger partial charge in [0.2, 0.25) is 11.8 Å². The lowest BCUT2D eigenvalue weighted by Crippen LogP contribution is -2.41. The number of aromatic amines is 1. The standard InChI is InChI=1S/C39H43ClN8O3/c1-24-32(23-46(2)45-24)37-43-35-36(33(40)21-41-38(35)44-37)51-30-9-5-26(6-10-30)27-15-17-47(18-16-27)22-25-13-19-48(20-14-25)29-7-3-28(4-8-29)31-11-12-34(49)42-39(31)50/h3-10,21,23,25,27,31H,11-20,22H2,1-2H3,(H,41,43,44)(H,42,49,50)/t31-/m1/s1. The van der Waals surface area contributed by atoms with Gasteiger partial charge >= 0.3 is 0 Å². The number of carbonyl (C=O) groups excluding carboxylic acids is 2. The number of likely N-dealkylation sites (tertiary alicyclic amines) is 1. The molecule has 11 nitrogen and oxygen atoms in total. The number of fused-ring (bicyclic) bond motifs is 1. The van der Waals surface area contributed by atoms with Gasteiger partial charge in [-0.3, -0.25) is 19.6 Å². The second-order valence-electron chi connectivity index (χ2n) is 14.3. The zero-order valence-corrected chi connectivity index (χ0v) is 29.8. The van der Waals surface area contributed by atoms with Gasteiger partial charge < -0.3 is 19.5 Å². The highest BCUT2D eigenvalue weighted by Gasteiger charge is 2.29. The summed E-state index contributed by atoms with van der Waals surface area (Å²) in [6, 6.07) is 16.8. The predicted octanol–water partition coefficient (Wildman–Crippen LogP) is 6.73. The third-order valence-electron chi connectivity index (χ3n) is 10.9. The van der Waals surface area contributed by atoms with Crippen LogP contribution in [-0.2, 0) is 16.6 Å². The molecule has 0 unspecified atom stereocenters. The molecule has 2 aromatic carbocycles. The summed E-state index contributed by atoms with van der Waals surface area (Å²) in [5.74, 6) is 2.57. The number of nitrogens with zero attached hydrogens (tertiary/aromatic N) is 6. The fourth-order valence-corrected chi connectivity index (χ4v) is 8.20. The molecule has 1 atom stereocenters. The Hall–Kier alpha value is -4.74. The van der Waals surface area contributed by atoms with Crippen LogP contribution in [0, 0.1) is 12.8 Å². The van der Waals surface area contributed by atoms with Gasteiger partial charge in [-0.25, -0.2) is 9.97 Å². The van der Waals surface area contributed by atoms with Crippen molar-refractivity contribution in [2.45, 2.75) is 57.3 Å². The van der Waals surface area contributed by atoms with E-state index in [4.69, 9.17) is 16.3 Å². The van der Waals surface area contributed by atoms with Gasteiger partial charge in [0, 0.05) is 45.0 Å². The van der Waals surface area contributed by atoms with Gasteiger partial charge in [-0.05, 0) is 99.3 Å². The SMILES string of the molecule is Cc1nn(C)cc1-c1nc2ncc(Cl)c(Oc3ccc(C4CCN(CC5CCN(c6ccc([C@H]7CCC(=O)NC7=O)cc6)CC5)CC4)cc3)c2[nH]1. The molecule has 0 bridgehead atoms. The van der Waals surface area contributed by atoms with Crippen molar-refractivity contribution >= 4 is 40.3 Å². The largest absolute Gasteiger partial charge is 0.453 e. The molecule has 6 heterocycles. The Morgan fingerprint density at radius 2 is 1.65 bits per heavy atom. The zero-order chi connectivity index (χ0) is 35.1. The van der Waals surface area contributed by atoms with Crippen molar-refractivity contribution < 1.29 is 14.3 Å². The molecule has 264 valence electrons. The van der Waals surface area contributed by atoms with Crippen molar-refractivity contribution in [1.82, 2.24) is 34.9 Å². The third-order valence-corrected chi connectivity index (χ3v) is 11.2. The molecule has 2 N–H and O–H groups in total. The molecule has 0 aliphatic carbocycles. The Balaban J connectivity index is 0.818. The highest BCUT2D eigenvalue weighted by molar-refractivity contribution is 6.32. The first-order valence-electron chi connectivity index (χ1n) is 18.0. The van der Waals surface area contributed by atoms with Crippen LogP contribution in [-0.4, -0.2) is 74.2 Å². The van der Waals surface area contributed by atoms with Crippen LogP contribution in [0.15, 0.2) is 60.9 Å². The van der Waals surface area contributed by atoms with E-state index in [1.165, 1.54) is 30.6 Å². The maximum atomic E-state index is 12.3. The number of carbonyl (C=O) groups is 2. The van der Waals surface area contributed by atoms with Crippen LogP contribution in [0.3, 0.4) is 0 Å². The number of amides is 2. The maximum Gasteiger partial charge on any atom is 0.234 e. The average Bonchev–Trinajstić information content (AvgIpc) is 3.72. The topological polar surface area (TPSA) is 121 Å². The van der Waals surface area contributed by atoms with Crippen LogP contribution in [0.25, 0.3) is 22.6 Å². The van der Waals surface area contributed by atoms with Gasteiger partial charge in [0.05, 0.1) is 23.4 Å². The summed E-state index contributed by atoms with van der Waals surface area (Å²) in [6.45, 7) is 7.46. The van der Waals surface area contributed by atoms with E-state index < -0.39 is 0 Å². The van der Waals surface area contributed by atoms with Crippen molar-refractivity contribution in [2.24, 2.45) is 13.0 Å². The van der Waals surface area contributed by atoms with Gasteiger partial charge in [-0.1, -0.05) is 35.9 Å². The Labute approximate surface area is 302 Å². The summed E-state index contributed by atoms with van der Waals surface area (Å²) < 4.78 is 8.09. The Morgan fingerprint density at radius 1 is 0.922 bits per heavy atom. The maximum absolute atomic E-state index is 12.3. The Kier molecular flexibility index (Phi) is 9.24. The van der Waals surface area contributed by atoms with Crippen molar-refractivity contribution in [3.63, 3.8) is 0 Å². The number of piperidine rings is 3. The summed E-state index contributed by atoms with van der Waals surface area (Å²) in [4.78, 5) is 41.3. The second kappa shape index (κ2) is 14.1. The summed E-state index contributed by atoms with van der Waals surface area (Å²) in [5.41, 5.74) is 6.53. The molecule has 12 heteroatoms. The van der Waals surface area contributed by atoms with Gasteiger partial charge in [0.1, 0.15) is 22.1 Å². The highest BCUT2D eigenvalue weighted by Crippen LogP contribution is 2.38. The van der Waals surface area contributed by atoms with E-state index in [-0.39, 0.29) is 17.7 Å². The number of benzene rings is 2. The van der Waals surface area contributed by atoms with Crippen molar-refractivity contribution in [3.05, 3.63) is 82.8 Å². The van der Waals surface area contributed by atoms with Crippen LogP contribution in [0.5, 0.6) is 11.5 Å². The number of halogens is 1. The van der Waals surface area contributed by atoms with E-state index in [1.807, 2.05) is 32.3 Å². The third kappa shape index (κ3) is 7.10. The lowest BCUT2D eigenvalue weighted by molar-refractivity contribution is -0.134. The molecular weight excluding hydrogens is 664 g/mol. The first kappa shape index (κ1) is 33.4. The average molecular weight is 707 g/mol. The fourth-order valence-electron chi connectivity index (χ4n) is 8.01. The lowest BCUT2D eigenvalue weighted by atomic mass is 9.88. The highest BCUT2D eigenvalue weighted by atomic mass is 35.5. The predicted molar refractivity (Wildman–Crippen MR) is 197 cm³/mol. The Bertz CT molecular complexity index is 2040. The number of hydrogen-bond donors (Lipinski definition) is 2. The number of pyridine rings is 1. The quantitative estimate of drug-likeness (QED) is 0.171. The van der Waals surface area contributed by atoms with Crippen LogP contribution < -0.4 is 15.0 Å². The van der Waals surface area contributed by atoms with E-state index in [2.05, 4.69) is 71.6 Å². The molecule has 3 fully saturated rings. The molecule has 3 aliphatic rings. The van der Waals surface area contributed by atoms with E-state index in [9.17, 15) is 9.59 Å². The molecule has 51 heavy (non-hydrogen) atoms. The minimum absolute atomic E-state index is 0.172. The van der Waals surface area contributed by atoms with Crippen molar-refractivity contribution in [1.29, 1.82) is 0 Å². The minimum atomic E-state index is -0.232. The number of imide groups is 1. The molecule has 8 rings (SSSR count). The lowest BCUT2D eigenvalue weighted by Gasteiger charge is -2.38. The van der Waals surface area contributed by atoms with Gasteiger partial charge in [-0.2, -0.15) is 5.10 Å². The number of imidazole rings is 1. The number of ether oxygens (including phenoxy) is 1. The van der Waals surface area contributed by atoms with Crippen LogP contribution in [0.4, 0.5) is 5.69 Å². The first-order valence-corrected chi connectivity index (χ1v) is 18.4.